The molecule has 4 rings (SSSR count). The van der Waals surface area contributed by atoms with Gasteiger partial charge >= 0.3 is 0 Å². The number of anilines is 1. The third-order valence-corrected chi connectivity index (χ3v) is 5.76. The quantitative estimate of drug-likeness (QED) is 0.709. The van der Waals surface area contributed by atoms with Crippen molar-refractivity contribution in [3.63, 3.8) is 0 Å². The smallest absolute Gasteiger partial charge is 0.227 e. The Kier molecular flexibility index (Phi) is 3.75. The van der Waals surface area contributed by atoms with Gasteiger partial charge in [0.2, 0.25) is 5.91 Å². The SMILES string of the molecule is Cc1ccc(-c2csc(-c3ccc(NC(=O)C4CC4)cc3)n2)s1. The van der Waals surface area contributed by atoms with Crippen LogP contribution in [0.5, 0.6) is 0 Å². The lowest BCUT2D eigenvalue weighted by Crippen LogP contribution is -2.12. The Hall–Kier alpha value is -1.98. The zero-order valence-corrected chi connectivity index (χ0v) is 14.3. The first-order valence-corrected chi connectivity index (χ1v) is 9.32. The topological polar surface area (TPSA) is 42.0 Å². The monoisotopic (exact) mass is 340 g/mol. The maximum Gasteiger partial charge on any atom is 0.227 e. The molecule has 0 atom stereocenters. The van der Waals surface area contributed by atoms with Crippen molar-refractivity contribution in [2.24, 2.45) is 5.92 Å². The molecule has 5 heteroatoms. The van der Waals surface area contributed by atoms with Crippen molar-refractivity contribution in [2.45, 2.75) is 19.8 Å². The van der Waals surface area contributed by atoms with Gasteiger partial charge in [0, 0.05) is 27.4 Å². The Balaban J connectivity index is 1.51. The summed E-state index contributed by atoms with van der Waals surface area (Å²) >= 11 is 3.41. The standard InChI is InChI=1S/C18H16N2OS2/c1-11-2-9-16(23-11)15-10-22-18(20-15)13-5-7-14(8-6-13)19-17(21)12-3-4-12/h2,5-10,12H,3-4H2,1H3,(H,19,21). The van der Waals surface area contributed by atoms with Crippen molar-refractivity contribution in [1.82, 2.24) is 4.98 Å². The number of amides is 1. The number of rotatable bonds is 4. The minimum atomic E-state index is 0.141. The molecule has 3 nitrogen and oxygen atoms in total. The number of benzene rings is 1. The van der Waals surface area contributed by atoms with E-state index >= 15 is 0 Å². The number of nitrogens with zero attached hydrogens (tertiary/aromatic N) is 1. The first kappa shape index (κ1) is 14.6. The molecule has 23 heavy (non-hydrogen) atoms. The van der Waals surface area contributed by atoms with Crippen LogP contribution in [0, 0.1) is 12.8 Å². The van der Waals surface area contributed by atoms with Gasteiger partial charge < -0.3 is 5.32 Å². The van der Waals surface area contributed by atoms with Gasteiger partial charge in [0.1, 0.15) is 5.01 Å². The fraction of sp³-hybridized carbons (Fsp3) is 0.222. The summed E-state index contributed by atoms with van der Waals surface area (Å²) in [6, 6.07) is 12.2. The van der Waals surface area contributed by atoms with Crippen molar-refractivity contribution in [3.05, 3.63) is 46.7 Å². The molecule has 0 bridgehead atoms. The average molecular weight is 340 g/mol. The first-order chi connectivity index (χ1) is 11.2. The van der Waals surface area contributed by atoms with Gasteiger partial charge in [-0.2, -0.15) is 0 Å². The molecule has 1 aromatic carbocycles. The van der Waals surface area contributed by atoms with Gasteiger partial charge in [-0.25, -0.2) is 4.98 Å². The van der Waals surface area contributed by atoms with E-state index in [1.807, 2.05) is 24.3 Å². The summed E-state index contributed by atoms with van der Waals surface area (Å²) in [5.41, 5.74) is 2.98. The number of nitrogens with one attached hydrogen (secondary N) is 1. The van der Waals surface area contributed by atoms with E-state index in [4.69, 9.17) is 4.98 Å². The van der Waals surface area contributed by atoms with Crippen LogP contribution >= 0.6 is 22.7 Å². The molecule has 0 saturated heterocycles. The minimum absolute atomic E-state index is 0.141. The van der Waals surface area contributed by atoms with Crippen LogP contribution in [0.3, 0.4) is 0 Å². The van der Waals surface area contributed by atoms with Gasteiger partial charge in [0.15, 0.2) is 0 Å². The van der Waals surface area contributed by atoms with Crippen LogP contribution in [0.4, 0.5) is 5.69 Å². The zero-order chi connectivity index (χ0) is 15.8. The molecule has 1 fully saturated rings. The second-order valence-electron chi connectivity index (χ2n) is 5.79. The maximum atomic E-state index is 11.8. The van der Waals surface area contributed by atoms with Crippen LogP contribution < -0.4 is 5.32 Å². The van der Waals surface area contributed by atoms with E-state index < -0.39 is 0 Å². The predicted octanol–water partition coefficient (Wildman–Crippen LogP) is 5.20. The lowest BCUT2D eigenvalue weighted by atomic mass is 10.2. The van der Waals surface area contributed by atoms with E-state index in [-0.39, 0.29) is 11.8 Å². The van der Waals surface area contributed by atoms with Crippen LogP contribution in [0.15, 0.2) is 41.8 Å². The molecule has 1 aliphatic rings. The van der Waals surface area contributed by atoms with Crippen LogP contribution in [-0.4, -0.2) is 10.9 Å². The fourth-order valence-electron chi connectivity index (χ4n) is 2.38. The fourth-order valence-corrected chi connectivity index (χ4v) is 4.11. The van der Waals surface area contributed by atoms with E-state index in [1.165, 1.54) is 9.75 Å². The van der Waals surface area contributed by atoms with Crippen LogP contribution in [0.1, 0.15) is 17.7 Å². The third-order valence-electron chi connectivity index (χ3n) is 3.84. The lowest BCUT2D eigenvalue weighted by molar-refractivity contribution is -0.117. The Morgan fingerprint density at radius 3 is 2.61 bits per heavy atom. The Bertz CT molecular complexity index is 844. The number of hydrogen-bond donors (Lipinski definition) is 1. The molecule has 0 aliphatic heterocycles. The molecule has 1 amide bonds. The highest BCUT2D eigenvalue weighted by Crippen LogP contribution is 2.33. The first-order valence-electron chi connectivity index (χ1n) is 7.63. The summed E-state index contributed by atoms with van der Waals surface area (Å²) in [7, 11) is 0. The summed E-state index contributed by atoms with van der Waals surface area (Å²) in [6.07, 6.45) is 2.04. The molecular weight excluding hydrogens is 324 g/mol. The summed E-state index contributed by atoms with van der Waals surface area (Å²) in [4.78, 5) is 19.0. The molecule has 1 N–H and O–H groups in total. The van der Waals surface area contributed by atoms with E-state index in [2.05, 4.69) is 29.8 Å². The summed E-state index contributed by atoms with van der Waals surface area (Å²) in [5.74, 6) is 0.368. The van der Waals surface area contributed by atoms with Gasteiger partial charge in [-0.15, -0.1) is 22.7 Å². The maximum absolute atomic E-state index is 11.8. The summed E-state index contributed by atoms with van der Waals surface area (Å²) in [6.45, 7) is 2.11. The number of thiazole rings is 1. The zero-order valence-electron chi connectivity index (χ0n) is 12.7. The Morgan fingerprint density at radius 1 is 1.17 bits per heavy atom. The highest BCUT2D eigenvalue weighted by atomic mass is 32.1. The number of thiophene rings is 1. The minimum Gasteiger partial charge on any atom is -0.326 e. The molecule has 1 aliphatic carbocycles. The molecule has 2 aromatic heterocycles. The molecule has 2 heterocycles. The Morgan fingerprint density at radius 2 is 1.96 bits per heavy atom. The number of carbonyl (C=O) groups is 1. The largest absolute Gasteiger partial charge is 0.326 e. The van der Waals surface area contributed by atoms with Crippen molar-refractivity contribution in [2.75, 3.05) is 5.32 Å². The van der Waals surface area contributed by atoms with Gasteiger partial charge in [0.25, 0.3) is 0 Å². The molecule has 116 valence electrons. The number of aryl methyl sites for hydroxylation is 1. The van der Waals surface area contributed by atoms with Crippen molar-refractivity contribution < 1.29 is 4.79 Å². The second kappa shape index (κ2) is 5.91. The second-order valence-corrected chi connectivity index (χ2v) is 7.94. The molecule has 3 aromatic rings. The normalized spacial score (nSPS) is 14.0. The molecule has 0 spiro atoms. The molecule has 1 saturated carbocycles. The predicted molar refractivity (Wildman–Crippen MR) is 97.0 cm³/mol. The number of carbonyl (C=O) groups excluding carboxylic acids is 1. The summed E-state index contributed by atoms with van der Waals surface area (Å²) < 4.78 is 0. The van der Waals surface area contributed by atoms with Crippen LogP contribution in [0.25, 0.3) is 21.1 Å². The van der Waals surface area contributed by atoms with Crippen molar-refractivity contribution in [3.8, 4) is 21.1 Å². The lowest BCUT2D eigenvalue weighted by Gasteiger charge is -2.04. The van der Waals surface area contributed by atoms with Crippen LogP contribution in [0.2, 0.25) is 0 Å². The van der Waals surface area contributed by atoms with Gasteiger partial charge in [-0.1, -0.05) is 0 Å². The van der Waals surface area contributed by atoms with E-state index in [0.29, 0.717) is 0 Å². The van der Waals surface area contributed by atoms with E-state index in [0.717, 1.165) is 34.8 Å². The molecular formula is C18H16N2OS2. The van der Waals surface area contributed by atoms with Gasteiger partial charge in [-0.3, -0.25) is 4.79 Å². The molecule has 0 radical (unpaired) electrons. The Labute approximate surface area is 143 Å². The van der Waals surface area contributed by atoms with Crippen LogP contribution in [-0.2, 0) is 4.79 Å². The highest BCUT2D eigenvalue weighted by Gasteiger charge is 2.29. The highest BCUT2D eigenvalue weighted by molar-refractivity contribution is 7.16. The van der Waals surface area contributed by atoms with E-state index in [1.54, 1.807) is 22.7 Å². The third kappa shape index (κ3) is 3.21. The average Bonchev–Trinajstić information content (AvgIpc) is 3.14. The van der Waals surface area contributed by atoms with Crippen molar-refractivity contribution >= 4 is 34.3 Å². The number of hydrogen-bond acceptors (Lipinski definition) is 4. The number of aromatic nitrogens is 1. The van der Waals surface area contributed by atoms with Gasteiger partial charge in [0.05, 0.1) is 10.6 Å². The van der Waals surface area contributed by atoms with Crippen molar-refractivity contribution in [1.29, 1.82) is 0 Å². The van der Waals surface area contributed by atoms with E-state index in [9.17, 15) is 4.79 Å². The molecule has 0 unspecified atom stereocenters. The van der Waals surface area contributed by atoms with Gasteiger partial charge in [-0.05, 0) is 56.2 Å². The summed E-state index contributed by atoms with van der Waals surface area (Å²) in [5, 5.41) is 6.07.